The van der Waals surface area contributed by atoms with Crippen molar-refractivity contribution in [3.05, 3.63) is 58.1 Å². The third-order valence-electron chi connectivity index (χ3n) is 5.66. The van der Waals surface area contributed by atoms with Gasteiger partial charge in [-0.1, -0.05) is 48.3 Å². The first-order chi connectivity index (χ1) is 17.4. The highest BCUT2D eigenvalue weighted by Gasteiger charge is 2.29. The number of halogens is 2. The number of sulfonamides is 1. The second-order valence-electron chi connectivity index (χ2n) is 8.97. The number of para-hydroxylation sites is 2. The number of hydrogen-bond acceptors (Lipinski definition) is 5. The highest BCUT2D eigenvalue weighted by molar-refractivity contribution is 7.92. The van der Waals surface area contributed by atoms with Crippen LogP contribution in [0.5, 0.6) is 5.75 Å². The molecule has 0 aliphatic carbocycles. The van der Waals surface area contributed by atoms with Crippen LogP contribution in [-0.2, 0) is 26.2 Å². The zero-order valence-corrected chi connectivity index (χ0v) is 24.2. The van der Waals surface area contributed by atoms with Gasteiger partial charge in [0, 0.05) is 25.6 Å². The number of carbonyl (C=O) groups excluding carboxylic acids is 2. The van der Waals surface area contributed by atoms with E-state index in [9.17, 15) is 18.0 Å². The van der Waals surface area contributed by atoms with E-state index in [0.717, 1.165) is 11.8 Å². The predicted molar refractivity (Wildman–Crippen MR) is 149 cm³/mol. The van der Waals surface area contributed by atoms with Gasteiger partial charge in [0.1, 0.15) is 11.8 Å². The molecule has 0 radical (unpaired) electrons. The molecule has 0 fully saturated rings. The molecule has 0 heterocycles. The Labute approximate surface area is 229 Å². The molecule has 1 N–H and O–H groups in total. The lowest BCUT2D eigenvalue weighted by Gasteiger charge is -2.31. The SMILES string of the molecule is CC[C@@H](C(=O)NC(C)C)N(Cc1ccc(Cl)c(Cl)c1)C(=O)CCCN(c1ccccc1OC)S(C)(=O)=O. The number of amides is 2. The third-order valence-corrected chi connectivity index (χ3v) is 7.58. The summed E-state index contributed by atoms with van der Waals surface area (Å²) in [4.78, 5) is 28.0. The number of anilines is 1. The lowest BCUT2D eigenvalue weighted by Crippen LogP contribution is -2.50. The Morgan fingerprint density at radius 3 is 2.32 bits per heavy atom. The summed E-state index contributed by atoms with van der Waals surface area (Å²) in [5, 5.41) is 3.63. The monoisotopic (exact) mass is 571 g/mol. The minimum Gasteiger partial charge on any atom is -0.495 e. The summed E-state index contributed by atoms with van der Waals surface area (Å²) >= 11 is 12.2. The summed E-state index contributed by atoms with van der Waals surface area (Å²) in [6.07, 6.45) is 1.79. The summed E-state index contributed by atoms with van der Waals surface area (Å²) in [5.74, 6) is -0.111. The van der Waals surface area contributed by atoms with Gasteiger partial charge in [0.2, 0.25) is 21.8 Å². The zero-order valence-electron chi connectivity index (χ0n) is 21.8. The van der Waals surface area contributed by atoms with Gasteiger partial charge in [0.25, 0.3) is 0 Å². The molecule has 0 aliphatic heterocycles. The summed E-state index contributed by atoms with van der Waals surface area (Å²) < 4.78 is 31.7. The molecule has 2 amide bonds. The van der Waals surface area contributed by atoms with E-state index >= 15 is 0 Å². The largest absolute Gasteiger partial charge is 0.495 e. The first-order valence-electron chi connectivity index (χ1n) is 12.0. The summed E-state index contributed by atoms with van der Waals surface area (Å²) in [6.45, 7) is 5.77. The van der Waals surface area contributed by atoms with Gasteiger partial charge in [-0.2, -0.15) is 0 Å². The first kappa shape index (κ1) is 30.7. The Morgan fingerprint density at radius 2 is 1.76 bits per heavy atom. The lowest BCUT2D eigenvalue weighted by molar-refractivity contribution is -0.141. The molecule has 0 spiro atoms. The molecule has 37 heavy (non-hydrogen) atoms. The second-order valence-corrected chi connectivity index (χ2v) is 11.7. The number of nitrogens with zero attached hydrogens (tertiary/aromatic N) is 2. The van der Waals surface area contributed by atoms with Crippen LogP contribution in [-0.4, -0.2) is 57.1 Å². The van der Waals surface area contributed by atoms with E-state index in [1.165, 1.54) is 16.3 Å². The maximum Gasteiger partial charge on any atom is 0.243 e. The number of carbonyl (C=O) groups is 2. The van der Waals surface area contributed by atoms with Gasteiger partial charge in [0.15, 0.2) is 0 Å². The molecule has 0 saturated carbocycles. The summed E-state index contributed by atoms with van der Waals surface area (Å²) in [5.41, 5.74) is 1.13. The van der Waals surface area contributed by atoms with Gasteiger partial charge in [-0.05, 0) is 56.5 Å². The number of nitrogens with one attached hydrogen (secondary N) is 1. The van der Waals surface area contributed by atoms with Crippen LogP contribution in [0.1, 0.15) is 45.6 Å². The second kappa shape index (κ2) is 13.9. The number of benzene rings is 2. The van der Waals surface area contributed by atoms with Crippen LogP contribution in [0.4, 0.5) is 5.69 Å². The molecule has 2 rings (SSSR count). The molecule has 0 bridgehead atoms. The van der Waals surface area contributed by atoms with Gasteiger partial charge in [0.05, 0.1) is 29.1 Å². The fourth-order valence-electron chi connectivity index (χ4n) is 3.95. The Morgan fingerprint density at radius 1 is 1.08 bits per heavy atom. The average molecular weight is 573 g/mol. The van der Waals surface area contributed by atoms with Gasteiger partial charge < -0.3 is 15.0 Å². The van der Waals surface area contributed by atoms with Crippen molar-refractivity contribution in [2.24, 2.45) is 0 Å². The molecule has 0 aliphatic rings. The Balaban J connectivity index is 2.27. The zero-order chi connectivity index (χ0) is 27.8. The van der Waals surface area contributed by atoms with Crippen molar-refractivity contribution in [1.29, 1.82) is 0 Å². The maximum absolute atomic E-state index is 13.5. The molecule has 1 atom stereocenters. The van der Waals surface area contributed by atoms with Crippen LogP contribution >= 0.6 is 23.2 Å². The van der Waals surface area contributed by atoms with E-state index < -0.39 is 16.1 Å². The number of methoxy groups -OCH3 is 1. The van der Waals surface area contributed by atoms with Gasteiger partial charge in [-0.15, -0.1) is 0 Å². The number of ether oxygens (including phenoxy) is 1. The quantitative estimate of drug-likeness (QED) is 0.369. The van der Waals surface area contributed by atoms with Crippen molar-refractivity contribution in [3.63, 3.8) is 0 Å². The topological polar surface area (TPSA) is 96.0 Å². The number of rotatable bonds is 13. The fraction of sp³-hybridized carbons (Fsp3) is 0.462. The van der Waals surface area contributed by atoms with Crippen molar-refractivity contribution in [3.8, 4) is 5.75 Å². The summed E-state index contributed by atoms with van der Waals surface area (Å²) in [7, 11) is -2.17. The van der Waals surface area contributed by atoms with Gasteiger partial charge in [-0.3, -0.25) is 13.9 Å². The Hall–Kier alpha value is -2.49. The van der Waals surface area contributed by atoms with E-state index in [0.29, 0.717) is 27.9 Å². The van der Waals surface area contributed by atoms with Crippen LogP contribution < -0.4 is 14.4 Å². The predicted octanol–water partition coefficient (Wildman–Crippen LogP) is 4.88. The lowest BCUT2D eigenvalue weighted by atomic mass is 10.1. The molecule has 0 saturated heterocycles. The average Bonchev–Trinajstić information content (AvgIpc) is 2.82. The highest BCUT2D eigenvalue weighted by atomic mass is 35.5. The molecule has 0 aromatic heterocycles. The molecule has 204 valence electrons. The van der Waals surface area contributed by atoms with Crippen LogP contribution in [0.15, 0.2) is 42.5 Å². The molecule has 8 nitrogen and oxygen atoms in total. The van der Waals surface area contributed by atoms with Crippen LogP contribution in [0.25, 0.3) is 0 Å². The molecule has 2 aromatic rings. The first-order valence-corrected chi connectivity index (χ1v) is 14.6. The molecule has 11 heteroatoms. The van der Waals surface area contributed by atoms with Crippen molar-refractivity contribution >= 4 is 50.7 Å². The van der Waals surface area contributed by atoms with Crippen molar-refractivity contribution in [2.75, 3.05) is 24.2 Å². The van der Waals surface area contributed by atoms with E-state index in [1.54, 1.807) is 42.5 Å². The van der Waals surface area contributed by atoms with Crippen LogP contribution in [0.3, 0.4) is 0 Å². The number of hydrogen-bond donors (Lipinski definition) is 1. The van der Waals surface area contributed by atoms with E-state index in [1.807, 2.05) is 20.8 Å². The smallest absolute Gasteiger partial charge is 0.243 e. The van der Waals surface area contributed by atoms with E-state index in [2.05, 4.69) is 5.32 Å². The molecular weight excluding hydrogens is 537 g/mol. The minimum absolute atomic E-state index is 0.0357. The van der Waals surface area contributed by atoms with Crippen molar-refractivity contribution in [2.45, 2.75) is 58.7 Å². The van der Waals surface area contributed by atoms with Crippen LogP contribution in [0.2, 0.25) is 10.0 Å². The summed E-state index contributed by atoms with van der Waals surface area (Å²) in [6, 6.07) is 11.1. The Kier molecular flexibility index (Phi) is 11.5. The molecule has 0 unspecified atom stereocenters. The fourth-order valence-corrected chi connectivity index (χ4v) is 5.24. The van der Waals surface area contributed by atoms with Gasteiger partial charge >= 0.3 is 0 Å². The normalized spacial score (nSPS) is 12.2. The highest BCUT2D eigenvalue weighted by Crippen LogP contribution is 2.30. The van der Waals surface area contributed by atoms with Crippen LogP contribution in [0, 0.1) is 0 Å². The minimum atomic E-state index is -3.64. The molecule has 2 aromatic carbocycles. The standard InChI is InChI=1S/C26H35Cl2N3O5S/c1-6-22(26(33)29-18(2)3)30(17-19-13-14-20(27)21(28)16-19)25(32)12-9-15-31(37(5,34)35)23-10-7-8-11-24(23)36-4/h7-8,10-11,13-14,16,18,22H,6,9,12,15,17H2,1-5H3,(H,29,33)/t22-/m0/s1. The molecular formula is C26H35Cl2N3O5S. The van der Waals surface area contributed by atoms with E-state index in [-0.39, 0.29) is 43.8 Å². The van der Waals surface area contributed by atoms with Gasteiger partial charge in [-0.25, -0.2) is 8.42 Å². The van der Waals surface area contributed by atoms with Crippen molar-refractivity contribution < 1.29 is 22.7 Å². The van der Waals surface area contributed by atoms with Crippen molar-refractivity contribution in [1.82, 2.24) is 10.2 Å². The van der Waals surface area contributed by atoms with E-state index in [4.69, 9.17) is 27.9 Å². The third kappa shape index (κ3) is 8.79. The maximum atomic E-state index is 13.5. The Bertz CT molecular complexity index is 1190.